The van der Waals surface area contributed by atoms with Crippen molar-refractivity contribution in [3.63, 3.8) is 0 Å². The number of hydrogen-bond acceptors (Lipinski definition) is 5. The summed E-state index contributed by atoms with van der Waals surface area (Å²) in [6, 6.07) is 13.4. The molecule has 11 heteroatoms. The first kappa shape index (κ1) is 25.8. The summed E-state index contributed by atoms with van der Waals surface area (Å²) in [6.45, 7) is 2.41. The molecule has 0 saturated carbocycles. The lowest BCUT2D eigenvalue weighted by molar-refractivity contribution is -0.138. The van der Waals surface area contributed by atoms with E-state index in [1.54, 1.807) is 31.2 Å². The predicted octanol–water partition coefficient (Wildman–Crippen LogP) is 3.12. The Bertz CT molecular complexity index is 1190. The van der Waals surface area contributed by atoms with E-state index in [2.05, 4.69) is 10.4 Å². The van der Waals surface area contributed by atoms with E-state index >= 15 is 0 Å². The second-order valence-corrected chi connectivity index (χ2v) is 8.23. The summed E-state index contributed by atoms with van der Waals surface area (Å²) in [6.07, 6.45) is -3.41. The predicted molar refractivity (Wildman–Crippen MR) is 124 cm³/mol. The number of nitrogens with two attached hydrogens (primary N) is 1. The van der Waals surface area contributed by atoms with Crippen molar-refractivity contribution in [3.8, 4) is 5.69 Å². The fraction of sp³-hybridized carbons (Fsp3) is 0.292. The van der Waals surface area contributed by atoms with E-state index in [4.69, 9.17) is 5.73 Å². The number of benzene rings is 2. The zero-order chi connectivity index (χ0) is 25.8. The second kappa shape index (κ2) is 10.2. The Morgan fingerprint density at radius 1 is 1.09 bits per heavy atom. The number of carbonyl (C=O) groups is 2. The van der Waals surface area contributed by atoms with Crippen LogP contribution in [0.1, 0.15) is 40.1 Å². The molecule has 0 fully saturated rings. The van der Waals surface area contributed by atoms with Gasteiger partial charge in [-0.05, 0) is 38.1 Å². The number of likely N-dealkylation sites (N-methyl/N-ethyl adjacent to an activating group) is 1. The Kier molecular flexibility index (Phi) is 7.49. The van der Waals surface area contributed by atoms with E-state index in [9.17, 15) is 27.9 Å². The lowest BCUT2D eigenvalue weighted by Crippen LogP contribution is -2.50. The van der Waals surface area contributed by atoms with Gasteiger partial charge in [0.15, 0.2) is 0 Å². The highest BCUT2D eigenvalue weighted by Crippen LogP contribution is 2.32. The normalized spacial score (nSPS) is 13.2. The van der Waals surface area contributed by atoms with Crippen molar-refractivity contribution in [2.45, 2.75) is 25.6 Å². The van der Waals surface area contributed by atoms with Crippen LogP contribution < -0.4 is 11.1 Å². The van der Waals surface area contributed by atoms with Crippen LogP contribution in [-0.2, 0) is 6.18 Å². The Balaban J connectivity index is 1.69. The van der Waals surface area contributed by atoms with Gasteiger partial charge in [-0.3, -0.25) is 9.59 Å². The van der Waals surface area contributed by atoms with Crippen LogP contribution in [0.25, 0.3) is 5.69 Å². The summed E-state index contributed by atoms with van der Waals surface area (Å²) in [7, 11) is 0. The van der Waals surface area contributed by atoms with Crippen molar-refractivity contribution < 1.29 is 27.9 Å². The van der Waals surface area contributed by atoms with E-state index in [1.165, 1.54) is 29.9 Å². The van der Waals surface area contributed by atoms with Gasteiger partial charge in [0.05, 0.1) is 35.2 Å². The maximum absolute atomic E-state index is 13.3. The third-order valence-corrected chi connectivity index (χ3v) is 5.34. The largest absolute Gasteiger partial charge is 0.417 e. The summed E-state index contributed by atoms with van der Waals surface area (Å²) < 4.78 is 41.4. The molecule has 1 aromatic heterocycles. The van der Waals surface area contributed by atoms with E-state index in [0.717, 1.165) is 17.0 Å². The van der Waals surface area contributed by atoms with Crippen molar-refractivity contribution in [1.29, 1.82) is 0 Å². The number of hydrogen-bond donors (Lipinski definition) is 3. The van der Waals surface area contributed by atoms with E-state index < -0.39 is 34.7 Å². The van der Waals surface area contributed by atoms with Gasteiger partial charge >= 0.3 is 6.18 Å². The minimum atomic E-state index is -4.70. The average Bonchev–Trinajstić information content (AvgIpc) is 3.22. The van der Waals surface area contributed by atoms with Crippen LogP contribution in [0.2, 0.25) is 0 Å². The van der Waals surface area contributed by atoms with Crippen molar-refractivity contribution in [2.24, 2.45) is 0 Å². The average molecular weight is 489 g/mol. The smallest absolute Gasteiger partial charge is 0.386 e. The van der Waals surface area contributed by atoms with Gasteiger partial charge in [-0.1, -0.05) is 30.3 Å². The van der Waals surface area contributed by atoms with Crippen molar-refractivity contribution in [1.82, 2.24) is 20.0 Å². The highest BCUT2D eigenvalue weighted by atomic mass is 19.4. The van der Waals surface area contributed by atoms with Gasteiger partial charge < -0.3 is 21.1 Å². The maximum atomic E-state index is 13.3. The number of nitrogen functional groups attached to an aromatic ring is 1. The lowest BCUT2D eigenvalue weighted by atomic mass is 10.0. The zero-order valence-electron chi connectivity index (χ0n) is 19.2. The molecule has 35 heavy (non-hydrogen) atoms. The fourth-order valence-corrected chi connectivity index (χ4v) is 3.56. The highest BCUT2D eigenvalue weighted by molar-refractivity contribution is 5.98. The summed E-state index contributed by atoms with van der Waals surface area (Å²) in [5.41, 5.74) is 3.61. The number of aromatic nitrogens is 2. The molecule has 0 bridgehead atoms. The van der Waals surface area contributed by atoms with Gasteiger partial charge in [0.2, 0.25) is 0 Å². The van der Waals surface area contributed by atoms with Crippen molar-refractivity contribution in [2.75, 3.05) is 25.4 Å². The third kappa shape index (κ3) is 5.99. The first-order chi connectivity index (χ1) is 16.4. The summed E-state index contributed by atoms with van der Waals surface area (Å²) in [5.74, 6) is -1.37. The Morgan fingerprint density at radius 2 is 1.71 bits per heavy atom. The molecular formula is C24H26F3N5O3. The Hall–Kier alpha value is -3.86. The maximum Gasteiger partial charge on any atom is 0.417 e. The minimum Gasteiger partial charge on any atom is -0.386 e. The monoisotopic (exact) mass is 489 g/mol. The SMILES string of the molecule is CCN(CC(C)(O)CNC(=O)c1cnn(-c2ccccc2)c1N)C(=O)c1ccccc1C(F)(F)F. The van der Waals surface area contributed by atoms with E-state index in [0.29, 0.717) is 5.69 Å². The number of para-hydroxylation sites is 1. The van der Waals surface area contributed by atoms with Crippen LogP contribution >= 0.6 is 0 Å². The molecule has 3 aromatic rings. The van der Waals surface area contributed by atoms with Crippen LogP contribution in [0.4, 0.5) is 19.0 Å². The lowest BCUT2D eigenvalue weighted by Gasteiger charge is -2.31. The molecule has 1 atom stereocenters. The van der Waals surface area contributed by atoms with Gasteiger partial charge in [-0.25, -0.2) is 4.68 Å². The molecule has 8 nitrogen and oxygen atoms in total. The number of halogens is 3. The zero-order valence-corrected chi connectivity index (χ0v) is 19.2. The Morgan fingerprint density at radius 3 is 2.34 bits per heavy atom. The molecule has 1 unspecified atom stereocenters. The number of alkyl halides is 3. The van der Waals surface area contributed by atoms with Gasteiger partial charge in [-0.2, -0.15) is 18.3 Å². The fourth-order valence-electron chi connectivity index (χ4n) is 3.56. The van der Waals surface area contributed by atoms with E-state index in [1.807, 2.05) is 6.07 Å². The summed E-state index contributed by atoms with van der Waals surface area (Å²) in [5, 5.41) is 17.5. The second-order valence-electron chi connectivity index (χ2n) is 8.23. The molecule has 0 aliphatic rings. The van der Waals surface area contributed by atoms with Gasteiger partial charge in [0, 0.05) is 13.1 Å². The molecule has 1 heterocycles. The standard InChI is InChI=1S/C24H26F3N5O3/c1-3-31(22(34)17-11-7-8-12-19(17)24(25,26)27)15-23(2,35)14-29-21(33)18-13-30-32(20(18)28)16-9-5-4-6-10-16/h4-13,35H,3,14-15,28H2,1-2H3,(H,29,33). The molecule has 2 amide bonds. The third-order valence-electron chi connectivity index (χ3n) is 5.34. The number of rotatable bonds is 8. The highest BCUT2D eigenvalue weighted by Gasteiger charge is 2.37. The number of aliphatic hydroxyl groups is 1. The number of nitrogens with one attached hydrogen (secondary N) is 1. The van der Waals surface area contributed by atoms with Crippen LogP contribution in [0.3, 0.4) is 0 Å². The number of carbonyl (C=O) groups excluding carboxylic acids is 2. The summed E-state index contributed by atoms with van der Waals surface area (Å²) in [4.78, 5) is 26.6. The van der Waals surface area contributed by atoms with Crippen LogP contribution in [0, 0.1) is 0 Å². The molecule has 0 aliphatic heterocycles. The quantitative estimate of drug-likeness (QED) is 0.450. The van der Waals surface area contributed by atoms with Gasteiger partial charge in [0.25, 0.3) is 11.8 Å². The molecule has 0 saturated heterocycles. The molecule has 3 rings (SSSR count). The van der Waals surface area contributed by atoms with Gasteiger partial charge in [-0.15, -0.1) is 0 Å². The molecule has 0 aliphatic carbocycles. The molecule has 0 radical (unpaired) electrons. The Labute approximate surface area is 200 Å². The molecular weight excluding hydrogens is 463 g/mol. The van der Waals surface area contributed by atoms with Gasteiger partial charge in [0.1, 0.15) is 11.4 Å². The van der Waals surface area contributed by atoms with Crippen molar-refractivity contribution in [3.05, 3.63) is 77.5 Å². The van der Waals surface area contributed by atoms with Crippen LogP contribution in [0.15, 0.2) is 60.8 Å². The minimum absolute atomic E-state index is 0.0475. The number of amides is 2. The van der Waals surface area contributed by atoms with Crippen molar-refractivity contribution >= 4 is 17.6 Å². The van der Waals surface area contributed by atoms with Crippen LogP contribution in [0.5, 0.6) is 0 Å². The van der Waals surface area contributed by atoms with E-state index in [-0.39, 0.29) is 31.0 Å². The van der Waals surface area contributed by atoms with Crippen LogP contribution in [-0.4, -0.2) is 56.8 Å². The molecule has 0 spiro atoms. The topological polar surface area (TPSA) is 113 Å². The molecule has 2 aromatic carbocycles. The molecule has 186 valence electrons. The molecule has 4 N–H and O–H groups in total. The first-order valence-electron chi connectivity index (χ1n) is 10.8. The number of nitrogens with zero attached hydrogens (tertiary/aromatic N) is 3. The summed E-state index contributed by atoms with van der Waals surface area (Å²) >= 11 is 0. The first-order valence-corrected chi connectivity index (χ1v) is 10.8. The number of anilines is 1.